The number of thiophene rings is 1. The summed E-state index contributed by atoms with van der Waals surface area (Å²) in [7, 11) is 1.60. The lowest BCUT2D eigenvalue weighted by atomic mass is 10.2. The zero-order valence-electron chi connectivity index (χ0n) is 14.4. The topological polar surface area (TPSA) is 74.5 Å². The Labute approximate surface area is 149 Å². The van der Waals surface area contributed by atoms with Gasteiger partial charge < -0.3 is 13.9 Å². The van der Waals surface area contributed by atoms with Crippen molar-refractivity contribution in [1.82, 2.24) is 10.2 Å². The average Bonchev–Trinajstić information content (AvgIpc) is 3.21. The molecule has 0 fully saturated rings. The zero-order valence-corrected chi connectivity index (χ0v) is 15.2. The van der Waals surface area contributed by atoms with Crippen molar-refractivity contribution in [2.75, 3.05) is 7.11 Å². The molecule has 0 unspecified atom stereocenters. The SMILES string of the molecule is COc1ccc(-c2nnc([C@H](C)OC(=O)c3cc(C)sc3C)o2)cc1. The molecule has 25 heavy (non-hydrogen) atoms. The highest BCUT2D eigenvalue weighted by molar-refractivity contribution is 7.12. The molecular formula is C18H18N2O4S. The molecule has 0 spiro atoms. The van der Waals surface area contributed by atoms with Crippen molar-refractivity contribution in [1.29, 1.82) is 0 Å². The first-order valence-electron chi connectivity index (χ1n) is 7.73. The highest BCUT2D eigenvalue weighted by Gasteiger charge is 2.21. The molecule has 130 valence electrons. The first-order valence-corrected chi connectivity index (χ1v) is 8.55. The summed E-state index contributed by atoms with van der Waals surface area (Å²) in [5.41, 5.74) is 1.34. The lowest BCUT2D eigenvalue weighted by Crippen LogP contribution is -2.09. The van der Waals surface area contributed by atoms with Gasteiger partial charge in [-0.25, -0.2) is 4.79 Å². The Morgan fingerprint density at radius 3 is 2.52 bits per heavy atom. The minimum atomic E-state index is -0.633. The summed E-state index contributed by atoms with van der Waals surface area (Å²) in [6, 6.07) is 9.09. The van der Waals surface area contributed by atoms with Crippen LogP contribution in [0, 0.1) is 13.8 Å². The Kier molecular flexibility index (Phi) is 4.85. The molecule has 3 rings (SSSR count). The van der Waals surface area contributed by atoms with Crippen LogP contribution in [0.1, 0.15) is 39.0 Å². The van der Waals surface area contributed by atoms with Gasteiger partial charge in [0.2, 0.25) is 5.89 Å². The molecule has 3 aromatic rings. The Morgan fingerprint density at radius 1 is 1.20 bits per heavy atom. The molecule has 1 atom stereocenters. The number of rotatable bonds is 5. The number of hydrogen-bond acceptors (Lipinski definition) is 7. The zero-order chi connectivity index (χ0) is 18.0. The van der Waals surface area contributed by atoms with Gasteiger partial charge in [-0.2, -0.15) is 0 Å². The molecule has 6 nitrogen and oxygen atoms in total. The van der Waals surface area contributed by atoms with Crippen LogP contribution in [-0.4, -0.2) is 23.3 Å². The van der Waals surface area contributed by atoms with Gasteiger partial charge in [0.1, 0.15) is 5.75 Å². The lowest BCUT2D eigenvalue weighted by Gasteiger charge is -2.08. The average molecular weight is 358 g/mol. The van der Waals surface area contributed by atoms with Crippen LogP contribution in [0.5, 0.6) is 5.75 Å². The summed E-state index contributed by atoms with van der Waals surface area (Å²) in [6.07, 6.45) is -0.633. The van der Waals surface area contributed by atoms with Crippen LogP contribution in [0.4, 0.5) is 0 Å². The third-order valence-corrected chi connectivity index (χ3v) is 4.64. The van der Waals surface area contributed by atoms with Crippen molar-refractivity contribution in [3.8, 4) is 17.2 Å². The highest BCUT2D eigenvalue weighted by Crippen LogP contribution is 2.26. The van der Waals surface area contributed by atoms with E-state index in [0.29, 0.717) is 11.5 Å². The van der Waals surface area contributed by atoms with E-state index < -0.39 is 12.1 Å². The summed E-state index contributed by atoms with van der Waals surface area (Å²) in [4.78, 5) is 14.3. The molecule has 0 saturated heterocycles. The van der Waals surface area contributed by atoms with Crippen molar-refractivity contribution >= 4 is 17.3 Å². The van der Waals surface area contributed by atoms with Gasteiger partial charge in [0.15, 0.2) is 6.10 Å². The van der Waals surface area contributed by atoms with E-state index in [4.69, 9.17) is 13.9 Å². The van der Waals surface area contributed by atoms with Crippen LogP contribution in [0.3, 0.4) is 0 Å². The monoisotopic (exact) mass is 358 g/mol. The van der Waals surface area contributed by atoms with Crippen molar-refractivity contribution in [2.24, 2.45) is 0 Å². The van der Waals surface area contributed by atoms with Gasteiger partial charge in [-0.1, -0.05) is 0 Å². The van der Waals surface area contributed by atoms with Crippen molar-refractivity contribution in [3.05, 3.63) is 51.5 Å². The maximum atomic E-state index is 12.3. The Hall–Kier alpha value is -2.67. The van der Waals surface area contributed by atoms with Gasteiger partial charge in [0.25, 0.3) is 5.89 Å². The summed E-state index contributed by atoms with van der Waals surface area (Å²) < 4.78 is 16.2. The molecule has 2 aromatic heterocycles. The standard InChI is InChI=1S/C18H18N2O4S/c1-10-9-15(12(3)25-10)18(21)23-11(2)16-19-20-17(24-16)13-5-7-14(22-4)8-6-13/h5-9,11H,1-4H3/t11-/m0/s1. The molecule has 7 heteroatoms. The molecule has 0 aliphatic heterocycles. The van der Waals surface area contributed by atoms with Crippen LogP contribution in [0.2, 0.25) is 0 Å². The van der Waals surface area contributed by atoms with Crippen molar-refractivity contribution in [2.45, 2.75) is 26.9 Å². The predicted molar refractivity (Wildman–Crippen MR) is 93.9 cm³/mol. The van der Waals surface area contributed by atoms with E-state index in [9.17, 15) is 4.79 Å². The number of carbonyl (C=O) groups excluding carboxylic acids is 1. The number of hydrogen-bond donors (Lipinski definition) is 0. The predicted octanol–water partition coefficient (Wildman–Crippen LogP) is 4.34. The quantitative estimate of drug-likeness (QED) is 0.632. The summed E-state index contributed by atoms with van der Waals surface area (Å²) >= 11 is 1.56. The van der Waals surface area contributed by atoms with Crippen molar-refractivity contribution < 1.29 is 18.7 Å². The van der Waals surface area contributed by atoms with Gasteiger partial charge in [-0.15, -0.1) is 21.5 Å². The Balaban J connectivity index is 1.72. The molecule has 0 aliphatic rings. The molecule has 0 aliphatic carbocycles. The third kappa shape index (κ3) is 3.71. The van der Waals surface area contributed by atoms with Gasteiger partial charge in [-0.3, -0.25) is 0 Å². The largest absolute Gasteiger partial charge is 0.497 e. The number of methoxy groups -OCH3 is 1. The number of carbonyl (C=O) groups is 1. The lowest BCUT2D eigenvalue weighted by molar-refractivity contribution is 0.0279. The number of benzene rings is 1. The summed E-state index contributed by atoms with van der Waals surface area (Å²) in [5.74, 6) is 0.970. The minimum absolute atomic E-state index is 0.253. The van der Waals surface area contributed by atoms with E-state index in [1.807, 2.05) is 44.2 Å². The third-order valence-electron chi connectivity index (χ3n) is 3.67. The van der Waals surface area contributed by atoms with E-state index >= 15 is 0 Å². The molecule has 0 amide bonds. The number of esters is 1. The smallest absolute Gasteiger partial charge is 0.340 e. The Morgan fingerprint density at radius 2 is 1.92 bits per heavy atom. The molecule has 0 bridgehead atoms. The van der Waals surface area contributed by atoms with Crippen LogP contribution >= 0.6 is 11.3 Å². The van der Waals surface area contributed by atoms with Crippen LogP contribution in [0.15, 0.2) is 34.7 Å². The minimum Gasteiger partial charge on any atom is -0.497 e. The fourth-order valence-corrected chi connectivity index (χ4v) is 3.27. The van der Waals surface area contributed by atoms with Gasteiger partial charge in [-0.05, 0) is 51.1 Å². The summed E-state index contributed by atoms with van der Waals surface area (Å²) in [5, 5.41) is 8.00. The van der Waals surface area contributed by atoms with E-state index in [1.165, 1.54) is 0 Å². The molecule has 2 heterocycles. The number of aromatic nitrogens is 2. The first-order chi connectivity index (χ1) is 12.0. The number of nitrogens with zero attached hydrogens (tertiary/aromatic N) is 2. The van der Waals surface area contributed by atoms with E-state index in [-0.39, 0.29) is 5.89 Å². The van der Waals surface area contributed by atoms with Crippen molar-refractivity contribution in [3.63, 3.8) is 0 Å². The van der Waals surface area contributed by atoms with E-state index in [2.05, 4.69) is 10.2 Å². The number of ether oxygens (including phenoxy) is 2. The molecular weight excluding hydrogens is 340 g/mol. The van der Waals surface area contributed by atoms with Gasteiger partial charge >= 0.3 is 5.97 Å². The van der Waals surface area contributed by atoms with Gasteiger partial charge in [0, 0.05) is 15.3 Å². The fourth-order valence-electron chi connectivity index (χ4n) is 2.36. The van der Waals surface area contributed by atoms with E-state index in [0.717, 1.165) is 21.1 Å². The van der Waals surface area contributed by atoms with Gasteiger partial charge in [0.05, 0.1) is 12.7 Å². The normalized spacial score (nSPS) is 12.0. The summed E-state index contributed by atoms with van der Waals surface area (Å²) in [6.45, 7) is 5.56. The molecule has 0 N–H and O–H groups in total. The molecule has 0 radical (unpaired) electrons. The number of aryl methyl sites for hydroxylation is 2. The fraction of sp³-hybridized carbons (Fsp3) is 0.278. The van der Waals surface area contributed by atoms with Crippen LogP contribution in [0.25, 0.3) is 11.5 Å². The second-order valence-corrected chi connectivity index (χ2v) is 7.01. The molecule has 1 aromatic carbocycles. The highest BCUT2D eigenvalue weighted by atomic mass is 32.1. The van der Waals surface area contributed by atoms with Crippen LogP contribution in [-0.2, 0) is 4.74 Å². The Bertz CT molecular complexity index is 883. The maximum absolute atomic E-state index is 12.3. The maximum Gasteiger partial charge on any atom is 0.340 e. The molecule has 0 saturated carbocycles. The second-order valence-electron chi connectivity index (χ2n) is 5.55. The van der Waals surface area contributed by atoms with Crippen LogP contribution < -0.4 is 4.74 Å². The van der Waals surface area contributed by atoms with E-state index in [1.54, 1.807) is 25.4 Å². The first kappa shape index (κ1) is 17.2. The second kappa shape index (κ2) is 7.06.